The van der Waals surface area contributed by atoms with Crippen LogP contribution in [-0.4, -0.2) is 35.0 Å². The van der Waals surface area contributed by atoms with Crippen LogP contribution in [0.1, 0.15) is 25.7 Å². The van der Waals surface area contributed by atoms with Crippen molar-refractivity contribution in [2.45, 2.75) is 25.7 Å². The van der Waals surface area contributed by atoms with Gasteiger partial charge in [0.25, 0.3) is 0 Å². The van der Waals surface area contributed by atoms with Gasteiger partial charge < -0.3 is 5.11 Å². The van der Waals surface area contributed by atoms with Crippen molar-refractivity contribution in [1.82, 2.24) is 4.90 Å². The molecule has 0 spiro atoms. The van der Waals surface area contributed by atoms with E-state index in [1.54, 1.807) is 0 Å². The number of amides is 2. The average Bonchev–Trinajstić information content (AvgIpc) is 3.19. The highest BCUT2D eigenvalue weighted by Gasteiger charge is 2.71. The molecule has 4 aliphatic carbocycles. The second kappa shape index (κ2) is 3.65. The van der Waals surface area contributed by atoms with Gasteiger partial charge in [-0.1, -0.05) is 0 Å². The van der Waals surface area contributed by atoms with Crippen LogP contribution in [-0.2, 0) is 9.59 Å². The number of hydrogen-bond donors (Lipinski definition) is 1. The summed E-state index contributed by atoms with van der Waals surface area (Å²) in [4.78, 5) is 26.5. The number of aliphatic hydroxyl groups is 1. The summed E-state index contributed by atoms with van der Waals surface area (Å²) in [6.07, 6.45) is 5.20. The van der Waals surface area contributed by atoms with Gasteiger partial charge in [-0.25, -0.2) is 0 Å². The van der Waals surface area contributed by atoms with E-state index in [0.717, 1.165) is 30.1 Å². The van der Waals surface area contributed by atoms with Crippen LogP contribution in [0.5, 0.6) is 0 Å². The van der Waals surface area contributed by atoms with Crippen molar-refractivity contribution in [1.29, 1.82) is 0 Å². The normalized spacial score (nSPS) is 55.0. The minimum Gasteiger partial charge on any atom is -0.395 e. The highest BCUT2D eigenvalue weighted by molar-refractivity contribution is 6.06. The van der Waals surface area contributed by atoms with E-state index in [2.05, 4.69) is 0 Å². The number of fused-ring (bicyclic) bond motifs is 12. The van der Waals surface area contributed by atoms with Gasteiger partial charge in [-0.15, -0.1) is 0 Å². The minimum absolute atomic E-state index is 0.0281. The third-order valence-electron chi connectivity index (χ3n) is 7.32. The van der Waals surface area contributed by atoms with E-state index in [9.17, 15) is 9.59 Å². The van der Waals surface area contributed by atoms with Crippen LogP contribution in [0.25, 0.3) is 0 Å². The predicted molar refractivity (Wildman–Crippen MR) is 70.2 cm³/mol. The standard InChI is InChI=1S/C16H21NO3/c18-4-3-17-15(19)13-9-6-10(14(13)16(17)20)12-8-2-1-7(5-8)11(9)12/h7-14,18H,1-6H2. The summed E-state index contributed by atoms with van der Waals surface area (Å²) < 4.78 is 0. The Labute approximate surface area is 118 Å². The molecule has 20 heavy (non-hydrogen) atoms. The fourth-order valence-electron chi connectivity index (χ4n) is 7.05. The lowest BCUT2D eigenvalue weighted by Gasteiger charge is -2.38. The van der Waals surface area contributed by atoms with E-state index >= 15 is 0 Å². The molecular weight excluding hydrogens is 254 g/mol. The lowest BCUT2D eigenvalue weighted by atomic mass is 9.64. The van der Waals surface area contributed by atoms with Crippen LogP contribution < -0.4 is 0 Å². The second-order valence-corrected chi connectivity index (χ2v) is 7.65. The van der Waals surface area contributed by atoms with E-state index in [4.69, 9.17) is 5.11 Å². The van der Waals surface area contributed by atoms with Crippen LogP contribution >= 0.6 is 0 Å². The van der Waals surface area contributed by atoms with Crippen molar-refractivity contribution in [3.8, 4) is 0 Å². The molecule has 4 saturated carbocycles. The number of hydrogen-bond acceptors (Lipinski definition) is 3. The summed E-state index contributed by atoms with van der Waals surface area (Å²) in [5.74, 6) is 4.13. The summed E-state index contributed by atoms with van der Waals surface area (Å²) in [6.45, 7) is 0.0939. The molecule has 0 aromatic carbocycles. The van der Waals surface area contributed by atoms with Gasteiger partial charge >= 0.3 is 0 Å². The number of carbonyl (C=O) groups excluding carboxylic acids is 2. The predicted octanol–water partition coefficient (Wildman–Crippen LogP) is 0.892. The Kier molecular flexibility index (Phi) is 2.14. The van der Waals surface area contributed by atoms with Crippen LogP contribution in [0.15, 0.2) is 0 Å². The maximum atomic E-state index is 12.6. The number of aliphatic hydroxyl groups excluding tert-OH is 1. The first kappa shape index (κ1) is 11.7. The maximum absolute atomic E-state index is 12.6. The molecule has 5 aliphatic rings. The minimum atomic E-state index is -0.107. The van der Waals surface area contributed by atoms with Gasteiger partial charge in [-0.3, -0.25) is 14.5 Å². The van der Waals surface area contributed by atoms with Gasteiger partial charge in [-0.05, 0) is 61.2 Å². The van der Waals surface area contributed by atoms with Crippen molar-refractivity contribution < 1.29 is 14.7 Å². The molecule has 4 bridgehead atoms. The maximum Gasteiger partial charge on any atom is 0.233 e. The van der Waals surface area contributed by atoms with Gasteiger partial charge in [0.2, 0.25) is 11.8 Å². The van der Waals surface area contributed by atoms with E-state index in [1.807, 2.05) is 0 Å². The lowest BCUT2D eigenvalue weighted by Crippen LogP contribution is -2.39. The largest absolute Gasteiger partial charge is 0.395 e. The quantitative estimate of drug-likeness (QED) is 0.601. The molecule has 4 heteroatoms. The molecule has 5 rings (SSSR count). The van der Waals surface area contributed by atoms with Crippen molar-refractivity contribution in [2.24, 2.45) is 47.3 Å². The molecule has 1 aliphatic heterocycles. The zero-order valence-electron chi connectivity index (χ0n) is 11.6. The van der Waals surface area contributed by atoms with Crippen LogP contribution in [0.3, 0.4) is 0 Å². The van der Waals surface area contributed by atoms with Crippen molar-refractivity contribution >= 4 is 11.8 Å². The highest BCUT2D eigenvalue weighted by atomic mass is 16.3. The molecule has 108 valence electrons. The number of likely N-dealkylation sites (tertiary alicyclic amines) is 1. The monoisotopic (exact) mass is 275 g/mol. The van der Waals surface area contributed by atoms with Gasteiger partial charge in [0, 0.05) is 0 Å². The Morgan fingerprint density at radius 3 is 2.00 bits per heavy atom. The van der Waals surface area contributed by atoms with Gasteiger partial charge in [0.1, 0.15) is 0 Å². The molecule has 0 aromatic heterocycles. The van der Waals surface area contributed by atoms with Crippen LogP contribution in [0.4, 0.5) is 0 Å². The third kappa shape index (κ3) is 1.11. The zero-order chi connectivity index (χ0) is 13.6. The molecule has 0 aromatic rings. The first-order valence-corrected chi connectivity index (χ1v) is 8.18. The molecule has 8 unspecified atom stereocenters. The smallest absolute Gasteiger partial charge is 0.233 e. The van der Waals surface area contributed by atoms with E-state index < -0.39 is 0 Å². The van der Waals surface area contributed by atoms with E-state index in [-0.39, 0.29) is 36.8 Å². The lowest BCUT2D eigenvalue weighted by molar-refractivity contribution is -0.141. The Morgan fingerprint density at radius 1 is 0.950 bits per heavy atom. The summed E-state index contributed by atoms with van der Waals surface area (Å²) in [7, 11) is 0. The van der Waals surface area contributed by atoms with Crippen molar-refractivity contribution in [3.05, 3.63) is 0 Å². The molecule has 4 nitrogen and oxygen atoms in total. The van der Waals surface area contributed by atoms with Gasteiger partial charge in [0.15, 0.2) is 0 Å². The Bertz CT molecular complexity index is 464. The SMILES string of the molecule is O=C1C2C3CC(C2C(=O)N1CCO)C1C2CCC(C2)C31. The molecule has 1 N–H and O–H groups in total. The molecule has 0 radical (unpaired) electrons. The Hall–Kier alpha value is -0.900. The molecule has 1 heterocycles. The van der Waals surface area contributed by atoms with Crippen molar-refractivity contribution in [3.63, 3.8) is 0 Å². The molecule has 8 atom stereocenters. The Morgan fingerprint density at radius 2 is 1.50 bits per heavy atom. The third-order valence-corrected chi connectivity index (χ3v) is 7.32. The Balaban J connectivity index is 1.52. The zero-order valence-corrected chi connectivity index (χ0v) is 11.6. The first-order valence-electron chi connectivity index (χ1n) is 8.18. The number of rotatable bonds is 2. The first-order chi connectivity index (χ1) is 9.72. The highest BCUT2D eigenvalue weighted by Crippen LogP contribution is 2.71. The summed E-state index contributed by atoms with van der Waals surface area (Å²) in [5.41, 5.74) is 0. The van der Waals surface area contributed by atoms with Gasteiger partial charge in [0.05, 0.1) is 25.0 Å². The molecule has 1 saturated heterocycles. The average molecular weight is 275 g/mol. The second-order valence-electron chi connectivity index (χ2n) is 7.65. The number of carbonyl (C=O) groups is 2. The fourth-order valence-corrected chi connectivity index (χ4v) is 7.05. The number of nitrogens with zero attached hydrogens (tertiary/aromatic N) is 1. The summed E-state index contributed by atoms with van der Waals surface area (Å²) in [6, 6.07) is 0. The van der Waals surface area contributed by atoms with E-state index in [0.29, 0.717) is 11.8 Å². The molecule has 5 fully saturated rings. The van der Waals surface area contributed by atoms with Gasteiger partial charge in [-0.2, -0.15) is 0 Å². The number of imide groups is 1. The topological polar surface area (TPSA) is 57.6 Å². The summed E-state index contributed by atoms with van der Waals surface area (Å²) in [5, 5.41) is 9.08. The fraction of sp³-hybridized carbons (Fsp3) is 0.875. The number of β-amino-alcohol motifs (C(OH)–C–C–N with tert-alkyl or cyclic N) is 1. The van der Waals surface area contributed by atoms with Crippen LogP contribution in [0, 0.1) is 47.3 Å². The molecule has 2 amide bonds. The van der Waals surface area contributed by atoms with Crippen LogP contribution in [0.2, 0.25) is 0 Å². The van der Waals surface area contributed by atoms with Crippen molar-refractivity contribution in [2.75, 3.05) is 13.2 Å². The van der Waals surface area contributed by atoms with E-state index in [1.165, 1.54) is 24.2 Å². The molecular formula is C16H21NO3. The summed E-state index contributed by atoms with van der Waals surface area (Å²) >= 11 is 0.